The molecular formula is C10H10N2O. The second-order valence-corrected chi connectivity index (χ2v) is 3.47. The zero-order valence-corrected chi connectivity index (χ0v) is 7.18. The van der Waals surface area contributed by atoms with Crippen LogP contribution in [0.4, 0.5) is 0 Å². The number of rotatable bonds is 0. The van der Waals surface area contributed by atoms with E-state index in [9.17, 15) is 0 Å². The lowest BCUT2D eigenvalue weighted by atomic mass is 9.85. The van der Waals surface area contributed by atoms with Crippen LogP contribution < -0.4 is 0 Å². The first-order valence-corrected chi connectivity index (χ1v) is 4.46. The maximum atomic E-state index is 8.90. The minimum absolute atomic E-state index is 0.0570. The highest BCUT2D eigenvalue weighted by Gasteiger charge is 2.44. The zero-order valence-electron chi connectivity index (χ0n) is 7.18. The van der Waals surface area contributed by atoms with Crippen LogP contribution in [0.15, 0.2) is 12.2 Å². The molecule has 2 aliphatic heterocycles. The molecule has 1 fully saturated rings. The van der Waals surface area contributed by atoms with Gasteiger partial charge in [-0.3, -0.25) is 0 Å². The minimum Gasteiger partial charge on any atom is -0.372 e. The van der Waals surface area contributed by atoms with Gasteiger partial charge in [-0.05, 0) is 12.8 Å². The highest BCUT2D eigenvalue weighted by atomic mass is 16.5. The summed E-state index contributed by atoms with van der Waals surface area (Å²) in [5, 5.41) is 17.8. The molecular weight excluding hydrogens is 164 g/mol. The summed E-state index contributed by atoms with van der Waals surface area (Å²) in [5.74, 6) is -0.472. The summed E-state index contributed by atoms with van der Waals surface area (Å²) in [5.41, 5.74) is 0. The first-order chi connectivity index (χ1) is 6.36. The Hall–Kier alpha value is -1.32. The Balaban J connectivity index is 2.27. The lowest BCUT2D eigenvalue weighted by Gasteiger charge is -2.10. The first-order valence-electron chi connectivity index (χ1n) is 4.46. The summed E-state index contributed by atoms with van der Waals surface area (Å²) in [6, 6.07) is 4.37. The van der Waals surface area contributed by atoms with Gasteiger partial charge in [0.25, 0.3) is 0 Å². The molecule has 0 aromatic heterocycles. The van der Waals surface area contributed by atoms with Crippen molar-refractivity contribution in [3.63, 3.8) is 0 Å². The molecule has 0 aliphatic carbocycles. The smallest absolute Gasteiger partial charge is 0.0911 e. The van der Waals surface area contributed by atoms with Gasteiger partial charge in [0.05, 0.1) is 36.2 Å². The third kappa shape index (κ3) is 1.22. The third-order valence-electron chi connectivity index (χ3n) is 2.74. The van der Waals surface area contributed by atoms with Crippen LogP contribution in [0.1, 0.15) is 12.8 Å². The molecule has 13 heavy (non-hydrogen) atoms. The highest BCUT2D eigenvalue weighted by Crippen LogP contribution is 2.37. The van der Waals surface area contributed by atoms with E-state index in [0.717, 1.165) is 12.8 Å². The van der Waals surface area contributed by atoms with E-state index in [4.69, 9.17) is 15.3 Å². The Kier molecular flexibility index (Phi) is 2.04. The molecule has 0 radical (unpaired) electrons. The first kappa shape index (κ1) is 8.29. The molecule has 2 aliphatic rings. The van der Waals surface area contributed by atoms with Gasteiger partial charge in [0, 0.05) is 0 Å². The van der Waals surface area contributed by atoms with E-state index in [1.165, 1.54) is 0 Å². The van der Waals surface area contributed by atoms with Crippen LogP contribution in [0.25, 0.3) is 0 Å². The fraction of sp³-hybridized carbons (Fsp3) is 0.600. The van der Waals surface area contributed by atoms with Crippen molar-refractivity contribution >= 4 is 0 Å². The molecule has 3 nitrogen and oxygen atoms in total. The average Bonchev–Trinajstić information content (AvgIpc) is 2.31. The summed E-state index contributed by atoms with van der Waals surface area (Å²) in [4.78, 5) is 0. The van der Waals surface area contributed by atoms with E-state index in [0.29, 0.717) is 0 Å². The Morgan fingerprint density at radius 2 is 1.46 bits per heavy atom. The molecule has 2 heterocycles. The molecule has 0 amide bonds. The topological polar surface area (TPSA) is 56.8 Å². The van der Waals surface area contributed by atoms with E-state index in [-0.39, 0.29) is 24.0 Å². The molecule has 0 saturated carbocycles. The van der Waals surface area contributed by atoms with Gasteiger partial charge in [0.1, 0.15) is 0 Å². The maximum absolute atomic E-state index is 8.90. The van der Waals surface area contributed by atoms with E-state index in [1.54, 1.807) is 0 Å². The van der Waals surface area contributed by atoms with Crippen molar-refractivity contribution < 1.29 is 4.74 Å². The van der Waals surface area contributed by atoms with E-state index in [1.807, 2.05) is 12.2 Å². The Morgan fingerprint density at radius 1 is 1.00 bits per heavy atom. The molecule has 0 aromatic rings. The van der Waals surface area contributed by atoms with Crippen LogP contribution in [0.5, 0.6) is 0 Å². The molecule has 0 N–H and O–H groups in total. The number of nitrogens with zero attached hydrogens (tertiary/aromatic N) is 2. The summed E-state index contributed by atoms with van der Waals surface area (Å²) in [7, 11) is 0. The van der Waals surface area contributed by atoms with Gasteiger partial charge in [0.15, 0.2) is 0 Å². The van der Waals surface area contributed by atoms with Gasteiger partial charge in [-0.15, -0.1) is 0 Å². The largest absolute Gasteiger partial charge is 0.372 e. The van der Waals surface area contributed by atoms with Gasteiger partial charge in [0.2, 0.25) is 0 Å². The zero-order chi connectivity index (χ0) is 9.26. The summed E-state index contributed by atoms with van der Waals surface area (Å²) >= 11 is 0. The molecule has 3 heteroatoms. The SMILES string of the molecule is N#C[C@@H]1[C@H](C#N)[C@H]2CC=CC[C@@H]1O2. The van der Waals surface area contributed by atoms with Crippen LogP contribution in [0.3, 0.4) is 0 Å². The van der Waals surface area contributed by atoms with Gasteiger partial charge < -0.3 is 4.74 Å². The van der Waals surface area contributed by atoms with Crippen molar-refractivity contribution in [2.24, 2.45) is 11.8 Å². The predicted octanol–water partition coefficient (Wildman–Crippen LogP) is 1.38. The fourth-order valence-electron chi connectivity index (χ4n) is 2.05. The Labute approximate surface area is 77.2 Å². The number of ether oxygens (including phenoxy) is 1. The number of nitriles is 2. The van der Waals surface area contributed by atoms with E-state index < -0.39 is 0 Å². The fourth-order valence-corrected chi connectivity index (χ4v) is 2.05. The highest BCUT2D eigenvalue weighted by molar-refractivity contribution is 5.13. The number of fused-ring (bicyclic) bond motifs is 2. The standard InChI is InChI=1S/C10H10N2O/c11-5-7-8(6-12)10-4-2-1-3-9(7)13-10/h1-2,7-10H,3-4H2/t7-,8+,9+,10-. The normalized spacial score (nSPS) is 42.0. The van der Waals surface area contributed by atoms with E-state index in [2.05, 4.69) is 12.1 Å². The molecule has 66 valence electrons. The predicted molar refractivity (Wildman–Crippen MR) is 45.2 cm³/mol. The van der Waals surface area contributed by atoms with Crippen molar-refractivity contribution in [3.8, 4) is 12.1 Å². The molecule has 2 rings (SSSR count). The van der Waals surface area contributed by atoms with Gasteiger partial charge in [-0.25, -0.2) is 0 Å². The van der Waals surface area contributed by atoms with Gasteiger partial charge in [-0.1, -0.05) is 12.2 Å². The molecule has 2 bridgehead atoms. The van der Waals surface area contributed by atoms with Crippen LogP contribution in [-0.4, -0.2) is 12.2 Å². The monoisotopic (exact) mass is 174 g/mol. The van der Waals surface area contributed by atoms with Gasteiger partial charge in [-0.2, -0.15) is 10.5 Å². The van der Waals surface area contributed by atoms with Crippen molar-refractivity contribution in [1.82, 2.24) is 0 Å². The summed E-state index contributed by atoms with van der Waals surface area (Å²) in [6.45, 7) is 0. The van der Waals surface area contributed by atoms with Crippen LogP contribution in [-0.2, 0) is 4.74 Å². The van der Waals surface area contributed by atoms with Crippen LogP contribution in [0.2, 0.25) is 0 Å². The third-order valence-corrected chi connectivity index (χ3v) is 2.74. The summed E-state index contributed by atoms with van der Waals surface area (Å²) < 4.78 is 5.62. The van der Waals surface area contributed by atoms with E-state index >= 15 is 0 Å². The second-order valence-electron chi connectivity index (χ2n) is 3.47. The minimum atomic E-state index is -0.236. The van der Waals surface area contributed by atoms with Crippen LogP contribution in [0, 0.1) is 34.5 Å². The molecule has 4 atom stereocenters. The Bertz CT molecular complexity index is 280. The van der Waals surface area contributed by atoms with Crippen molar-refractivity contribution in [2.75, 3.05) is 0 Å². The Morgan fingerprint density at radius 3 is 1.85 bits per heavy atom. The molecule has 1 saturated heterocycles. The second kappa shape index (κ2) is 3.20. The quantitative estimate of drug-likeness (QED) is 0.521. The van der Waals surface area contributed by atoms with Crippen LogP contribution >= 0.6 is 0 Å². The summed E-state index contributed by atoms with van der Waals surface area (Å²) in [6.07, 6.45) is 5.52. The molecule has 0 spiro atoms. The lowest BCUT2D eigenvalue weighted by molar-refractivity contribution is 0.0431. The van der Waals surface area contributed by atoms with Crippen molar-refractivity contribution in [2.45, 2.75) is 25.0 Å². The molecule has 0 unspecified atom stereocenters. The van der Waals surface area contributed by atoms with Crippen molar-refractivity contribution in [3.05, 3.63) is 12.2 Å². The molecule has 0 aromatic carbocycles. The van der Waals surface area contributed by atoms with Crippen molar-refractivity contribution in [1.29, 1.82) is 10.5 Å². The maximum Gasteiger partial charge on any atom is 0.0911 e. The number of hydrogen-bond donors (Lipinski definition) is 0. The average molecular weight is 174 g/mol. The number of hydrogen-bond acceptors (Lipinski definition) is 3. The van der Waals surface area contributed by atoms with Gasteiger partial charge >= 0.3 is 0 Å². The lowest BCUT2D eigenvalue weighted by Crippen LogP contribution is -2.19.